The normalized spacial score (nSPS) is 16.8. The van der Waals surface area contributed by atoms with E-state index >= 15 is 4.39 Å². The number of pyridine rings is 1. The number of imide groups is 1. The molecule has 59 heavy (non-hydrogen) atoms. The molecular weight excluding hydrogens is 762 g/mol. The minimum absolute atomic E-state index is 0.00544. The van der Waals surface area contributed by atoms with E-state index in [4.69, 9.17) is 23.7 Å². The fourth-order valence-corrected chi connectivity index (χ4v) is 6.62. The molecule has 2 aliphatic heterocycles. The minimum Gasteiger partial charge on any atom is -0.485 e. The van der Waals surface area contributed by atoms with Gasteiger partial charge < -0.3 is 33.9 Å². The van der Waals surface area contributed by atoms with Crippen LogP contribution in [0.15, 0.2) is 60.8 Å². The number of aromatic nitrogens is 1. The molecule has 2 unspecified atom stereocenters. The maximum atomic E-state index is 15.8. The molecular formula is C44H54FN5O9. The monoisotopic (exact) mass is 815 g/mol. The first-order valence-corrected chi connectivity index (χ1v) is 19.3. The Morgan fingerprint density at radius 1 is 1.02 bits per heavy atom. The second-order valence-electron chi connectivity index (χ2n) is 16.7. The molecule has 15 heteroatoms. The Labute approximate surface area is 344 Å². The smallest absolute Gasteiger partial charge is 0.425 e. The van der Waals surface area contributed by atoms with Gasteiger partial charge in [0.05, 0.1) is 13.2 Å². The Balaban J connectivity index is 1.58. The molecule has 3 heterocycles. The second-order valence-corrected chi connectivity index (χ2v) is 16.7. The van der Waals surface area contributed by atoms with Crippen LogP contribution in [0.2, 0.25) is 0 Å². The number of rotatable bonds is 7. The summed E-state index contributed by atoms with van der Waals surface area (Å²) in [6.07, 6.45) is -1.73. The van der Waals surface area contributed by atoms with Gasteiger partial charge in [-0.3, -0.25) is 10.1 Å². The van der Waals surface area contributed by atoms with E-state index in [-0.39, 0.29) is 48.8 Å². The maximum Gasteiger partial charge on any atom is 0.425 e. The summed E-state index contributed by atoms with van der Waals surface area (Å²) < 4.78 is 43.6. The summed E-state index contributed by atoms with van der Waals surface area (Å²) >= 11 is 0. The van der Waals surface area contributed by atoms with Crippen LogP contribution >= 0.6 is 0 Å². The molecule has 0 saturated heterocycles. The van der Waals surface area contributed by atoms with Crippen molar-refractivity contribution in [1.82, 2.24) is 9.88 Å². The molecule has 0 saturated carbocycles. The largest absolute Gasteiger partial charge is 0.485 e. The molecule has 0 fully saturated rings. The first-order valence-electron chi connectivity index (χ1n) is 19.3. The van der Waals surface area contributed by atoms with E-state index in [9.17, 15) is 19.2 Å². The van der Waals surface area contributed by atoms with Gasteiger partial charge in [0.15, 0.2) is 17.4 Å². The van der Waals surface area contributed by atoms with Crippen molar-refractivity contribution in [2.45, 2.75) is 98.1 Å². The van der Waals surface area contributed by atoms with Crippen LogP contribution in [0.25, 0.3) is 10.8 Å². The molecule has 6 rings (SSSR count). The lowest BCUT2D eigenvalue weighted by Gasteiger charge is -2.29. The number of hydrogen-bond acceptors (Lipinski definition) is 11. The zero-order valence-corrected chi connectivity index (χ0v) is 35.5. The number of fused-ring (bicyclic) bond motifs is 10. The molecule has 4 aromatic rings. The second kappa shape index (κ2) is 17.9. The molecule has 4 bridgehead atoms. The number of aryl methyl sites for hydroxylation is 1. The van der Waals surface area contributed by atoms with E-state index in [1.54, 1.807) is 85.8 Å². The van der Waals surface area contributed by atoms with Gasteiger partial charge in [0, 0.05) is 61.2 Å². The van der Waals surface area contributed by atoms with Gasteiger partial charge in [-0.25, -0.2) is 23.8 Å². The fraction of sp³-hybridized carbons (Fsp3) is 0.432. The van der Waals surface area contributed by atoms with Crippen LogP contribution in [0, 0.1) is 12.7 Å². The SMILES string of the molecule is COC[C@H](C)Oc1c(F)cc2cc1CN(C)C(=O)C(Nc1ccc3c(N(C(=O)OC(C)(C)C)C(=O)OC(C)(C)C)nccc3c1)c1ccc(c(C)c1)C(C)COC(=O)N2. The number of methoxy groups -OCH3 is 1. The Kier molecular flexibility index (Phi) is 13.4. The minimum atomic E-state index is -0.956. The van der Waals surface area contributed by atoms with Crippen LogP contribution in [-0.4, -0.2) is 78.7 Å². The first-order chi connectivity index (χ1) is 27.6. The molecule has 316 valence electrons. The number of carbonyl (C=O) groups excluding carboxylic acids is 4. The summed E-state index contributed by atoms with van der Waals surface area (Å²) in [6, 6.07) is 14.3. The highest BCUT2D eigenvalue weighted by molar-refractivity contribution is 6.14. The van der Waals surface area contributed by atoms with Crippen molar-refractivity contribution in [2.24, 2.45) is 0 Å². The lowest BCUT2D eigenvalue weighted by atomic mass is 9.93. The summed E-state index contributed by atoms with van der Waals surface area (Å²) in [5.74, 6) is -1.38. The Hall–Kier alpha value is -5.96. The third kappa shape index (κ3) is 11.2. The number of halogens is 1. The summed E-state index contributed by atoms with van der Waals surface area (Å²) in [4.78, 5) is 61.1. The molecule has 0 radical (unpaired) electrons. The van der Waals surface area contributed by atoms with Gasteiger partial charge in [0.2, 0.25) is 5.91 Å². The number of hydrogen-bond donors (Lipinski definition) is 2. The number of anilines is 3. The standard InChI is InChI=1S/C44H54FN5O9/c1-25-18-29-12-14-33(25)26(2)23-56-40(52)48-32-20-30(37(35(45)21-32)57-27(3)24-55-11)22-49(10)39(51)36(29)47-31-13-15-34-28(19-31)16-17-46-38(34)50(41(53)58-43(4,5)6)42(54)59-44(7,8)9/h12-21,26-27,36,47H,22-24H2,1-11H3,(H,48,52)/t26?,27-,36?/m0/s1. The lowest BCUT2D eigenvalue weighted by Crippen LogP contribution is -2.44. The molecule has 14 nitrogen and oxygen atoms in total. The predicted octanol–water partition coefficient (Wildman–Crippen LogP) is 9.25. The third-order valence-corrected chi connectivity index (χ3v) is 9.16. The van der Waals surface area contributed by atoms with E-state index in [1.165, 1.54) is 18.2 Å². The number of carbonyl (C=O) groups is 4. The van der Waals surface area contributed by atoms with Crippen LogP contribution in [0.5, 0.6) is 5.75 Å². The van der Waals surface area contributed by atoms with Crippen LogP contribution in [0.4, 0.5) is 36.0 Å². The molecule has 3 atom stereocenters. The number of nitrogens with zero attached hydrogens (tertiary/aromatic N) is 3. The highest BCUT2D eigenvalue weighted by atomic mass is 19.1. The molecule has 1 aromatic heterocycles. The summed E-state index contributed by atoms with van der Waals surface area (Å²) in [7, 11) is 3.10. The molecule has 3 aromatic carbocycles. The summed E-state index contributed by atoms with van der Waals surface area (Å²) in [5, 5.41) is 7.04. The van der Waals surface area contributed by atoms with Gasteiger partial charge in [0.1, 0.15) is 23.3 Å². The number of amides is 4. The molecule has 2 aliphatic rings. The maximum absolute atomic E-state index is 15.8. The van der Waals surface area contributed by atoms with Gasteiger partial charge in [-0.1, -0.05) is 25.1 Å². The van der Waals surface area contributed by atoms with Crippen molar-refractivity contribution in [1.29, 1.82) is 0 Å². The van der Waals surface area contributed by atoms with E-state index < -0.39 is 47.4 Å². The molecule has 2 N–H and O–H groups in total. The Bertz CT molecular complexity index is 2190. The Morgan fingerprint density at radius 2 is 1.69 bits per heavy atom. The number of likely N-dealkylation sites (N-methyl/N-ethyl adjacent to an activating group) is 1. The highest BCUT2D eigenvalue weighted by Crippen LogP contribution is 2.34. The van der Waals surface area contributed by atoms with Crippen LogP contribution in [-0.2, 0) is 30.3 Å². The van der Waals surface area contributed by atoms with Gasteiger partial charge in [-0.2, -0.15) is 4.90 Å². The van der Waals surface area contributed by atoms with E-state index in [2.05, 4.69) is 15.6 Å². The average molecular weight is 816 g/mol. The van der Waals surface area contributed by atoms with E-state index in [0.29, 0.717) is 27.6 Å². The summed E-state index contributed by atoms with van der Waals surface area (Å²) in [6.45, 7) is 15.8. The lowest BCUT2D eigenvalue weighted by molar-refractivity contribution is -0.131. The zero-order chi connectivity index (χ0) is 43.4. The van der Waals surface area contributed by atoms with Gasteiger partial charge in [0.25, 0.3) is 0 Å². The molecule has 4 amide bonds. The van der Waals surface area contributed by atoms with Crippen molar-refractivity contribution in [3.63, 3.8) is 0 Å². The number of benzene rings is 3. The molecule has 0 spiro atoms. The van der Waals surface area contributed by atoms with Crippen LogP contribution in [0.1, 0.15) is 89.6 Å². The van der Waals surface area contributed by atoms with Crippen LogP contribution < -0.4 is 20.3 Å². The summed E-state index contributed by atoms with van der Waals surface area (Å²) in [5.41, 5.74) is 1.56. The number of ether oxygens (including phenoxy) is 5. The highest BCUT2D eigenvalue weighted by Gasteiger charge is 2.35. The average Bonchev–Trinajstić information content (AvgIpc) is 3.12. The topological polar surface area (TPSA) is 158 Å². The van der Waals surface area contributed by atoms with Gasteiger partial charge in [-0.15, -0.1) is 0 Å². The first kappa shape index (κ1) is 44.1. The Morgan fingerprint density at radius 3 is 2.32 bits per heavy atom. The predicted molar refractivity (Wildman–Crippen MR) is 222 cm³/mol. The van der Waals surface area contributed by atoms with Crippen molar-refractivity contribution < 1.29 is 47.3 Å². The fourth-order valence-electron chi connectivity index (χ4n) is 6.62. The molecule has 0 aliphatic carbocycles. The quantitative estimate of drug-likeness (QED) is 0.171. The van der Waals surface area contributed by atoms with Crippen molar-refractivity contribution >= 4 is 52.2 Å². The van der Waals surface area contributed by atoms with Gasteiger partial charge >= 0.3 is 18.3 Å². The third-order valence-electron chi connectivity index (χ3n) is 9.16. The van der Waals surface area contributed by atoms with E-state index in [1.807, 2.05) is 32.0 Å². The van der Waals surface area contributed by atoms with Gasteiger partial charge in [-0.05, 0) is 108 Å². The van der Waals surface area contributed by atoms with Crippen molar-refractivity contribution in [3.05, 3.63) is 88.9 Å². The van der Waals surface area contributed by atoms with Crippen LogP contribution in [0.3, 0.4) is 0 Å². The zero-order valence-electron chi connectivity index (χ0n) is 35.5. The van der Waals surface area contributed by atoms with Crippen molar-refractivity contribution in [3.8, 4) is 5.75 Å². The number of nitrogens with one attached hydrogen (secondary N) is 2. The van der Waals surface area contributed by atoms with E-state index in [0.717, 1.165) is 22.1 Å². The van der Waals surface area contributed by atoms with Crippen molar-refractivity contribution in [2.75, 3.05) is 42.9 Å².